The molecule has 0 saturated heterocycles. The first-order valence-corrected chi connectivity index (χ1v) is 51.7. The van der Waals surface area contributed by atoms with Crippen LogP contribution in [0.15, 0.2) is 0 Å². The third-order valence-corrected chi connectivity index (χ3v) is 32.0. The minimum atomic E-state index is -5.54. The Labute approximate surface area is 735 Å². The molecular weight excluding hydrogens is 1680 g/mol. The number of unbranched alkanes of at least 4 members (excludes halogenated alkanes) is 21. The summed E-state index contributed by atoms with van der Waals surface area (Å²) in [6.45, 7) is -14.5. The number of alkyl halides is 18. The Bertz CT molecular complexity index is 2540. The van der Waals surface area contributed by atoms with Gasteiger partial charge in [-0.1, -0.05) is 148 Å². The van der Waals surface area contributed by atoms with E-state index in [0.29, 0.717) is 57.8 Å². The molecule has 0 spiro atoms. The summed E-state index contributed by atoms with van der Waals surface area (Å²) < 4.78 is 348. The number of aliphatic hydroxyl groups excluding tert-OH is 1. The van der Waals surface area contributed by atoms with Crippen molar-refractivity contribution in [3.63, 3.8) is 0 Å². The number of hydrogen-bond acceptors (Lipinski definition) is 6. The molecule has 0 rings (SSSR count). The van der Waals surface area contributed by atoms with E-state index in [-0.39, 0.29) is 334 Å². The van der Waals surface area contributed by atoms with Crippen LogP contribution in [0.3, 0.4) is 0 Å². The zero-order valence-corrected chi connectivity index (χ0v) is 77.7. The van der Waals surface area contributed by atoms with Crippen molar-refractivity contribution in [2.24, 2.45) is 49.2 Å². The molecule has 8 nitrogen and oxygen atoms in total. The van der Waals surface area contributed by atoms with Gasteiger partial charge in [0.2, 0.25) is 0 Å². The Morgan fingerprint density at radius 3 is 0.512 bits per heavy atom. The highest BCUT2D eigenvalue weighted by Crippen LogP contribution is 2.77. The van der Waals surface area contributed by atoms with Gasteiger partial charge in [0.1, 0.15) is 5.25 Å². The summed E-state index contributed by atoms with van der Waals surface area (Å²) in [5.74, 6) is -3.14. The lowest BCUT2D eigenvalue weighted by Crippen LogP contribution is -2.61. The maximum absolute atomic E-state index is 15.1. The maximum atomic E-state index is 15.1. The van der Waals surface area contributed by atoms with Crippen LogP contribution in [-0.2, 0) is 20.2 Å². The molecule has 0 saturated carbocycles. The molecule has 28 heteroatoms. The van der Waals surface area contributed by atoms with Gasteiger partial charge in [0, 0.05) is 18.9 Å². The summed E-state index contributed by atoms with van der Waals surface area (Å²) in [6.07, 6.45) is 8.12. The molecule has 0 aliphatic heterocycles. The molecule has 0 amide bonds. The SMILES string of the molecule is O=S(=O)(O)CC(CCCCC(CCCCF)(CCCCF)C(CCCCF)(CCCCF)C(CCCCF)(CCCCF)C(CCCCF)(CCCCF)CCCCF)C(O)(CCO)C(CCCCCC(CCCCF)(CCCCF)C(CCCCF)(CCCCF)C(CCCCF)(CCCCF)C(CCCCF)(CCCCF)CCCCF)S(=O)(=O)O. The Balaban J connectivity index is 9.85. The van der Waals surface area contributed by atoms with Crippen LogP contribution in [0.2, 0.25) is 0 Å². The van der Waals surface area contributed by atoms with Crippen molar-refractivity contribution >= 4 is 20.2 Å². The fraction of sp³-hybridized carbons (Fsp3) is 1.00. The monoisotopic (exact) mass is 1850 g/mol. The highest BCUT2D eigenvalue weighted by Gasteiger charge is 2.68. The first-order valence-electron chi connectivity index (χ1n) is 48.6. The predicted octanol–water partition coefficient (Wildman–Crippen LogP) is 30.8. The van der Waals surface area contributed by atoms with Crippen LogP contribution in [0.25, 0.3) is 0 Å². The molecule has 740 valence electrons. The Hall–Kier alpha value is -1.52. The second-order valence-corrected chi connectivity index (χ2v) is 39.9. The van der Waals surface area contributed by atoms with Crippen molar-refractivity contribution in [2.45, 2.75) is 422 Å². The second-order valence-electron chi connectivity index (χ2n) is 36.8. The standard InChI is InChI=1S/C95H174F18O8S2/c96-65-24-6-46-87(47-7-25-66-97,91(56-16-34-75-106,57-17-35-76-107)93(60-20-38-79-110,61-21-39-80-111)89(50-10-28-69-100,51-11-29-70-101)52-12-30-71-102)44-4-1-2-43-86(123(119,120)121)95(115,64-83-114)85(84-122(116,117)118)42-3-5-45-88(48-8-26-67-98,49-9-27-68-99)92(58-18-36-77-108,59-19-37-78-109)94(62-22-40-81-112,63-23-41-82-113)90(53-13-31-72-103,54-14-32-73-104)55-15-33-74-105/h85-86,114-115H,1-84H2,(H,116,117,118)(H,119,120,121). The van der Waals surface area contributed by atoms with Crippen molar-refractivity contribution in [2.75, 3.05) is 133 Å². The van der Waals surface area contributed by atoms with Crippen molar-refractivity contribution in [1.29, 1.82) is 0 Å². The van der Waals surface area contributed by atoms with E-state index in [1.165, 1.54) is 0 Å². The van der Waals surface area contributed by atoms with E-state index in [1.807, 2.05) is 0 Å². The summed E-state index contributed by atoms with van der Waals surface area (Å²) in [7, 11) is -10.8. The fourth-order valence-electron chi connectivity index (χ4n) is 24.7. The number of aliphatic hydroxyl groups is 2. The molecule has 0 bridgehead atoms. The molecule has 0 heterocycles. The molecule has 0 aromatic carbocycles. The van der Waals surface area contributed by atoms with Gasteiger partial charge < -0.3 is 10.2 Å². The fourth-order valence-corrected chi connectivity index (χ4v) is 27.0. The van der Waals surface area contributed by atoms with Gasteiger partial charge in [0.25, 0.3) is 20.2 Å². The van der Waals surface area contributed by atoms with Crippen LogP contribution in [0.5, 0.6) is 0 Å². The minimum absolute atomic E-state index is 0.0117. The molecule has 0 radical (unpaired) electrons. The molecule has 4 N–H and O–H groups in total. The highest BCUT2D eigenvalue weighted by atomic mass is 32.2. The van der Waals surface area contributed by atoms with Gasteiger partial charge in [-0.15, -0.1) is 0 Å². The summed E-state index contributed by atoms with van der Waals surface area (Å²) in [5, 5.41) is 22.2. The van der Waals surface area contributed by atoms with Crippen LogP contribution >= 0.6 is 0 Å². The first-order chi connectivity index (χ1) is 59.3. The van der Waals surface area contributed by atoms with E-state index < -0.39 is 232 Å². The van der Waals surface area contributed by atoms with E-state index in [9.17, 15) is 80.1 Å². The van der Waals surface area contributed by atoms with Crippen LogP contribution in [0, 0.1) is 49.2 Å². The quantitative estimate of drug-likeness (QED) is 0.0267. The second kappa shape index (κ2) is 72.1. The predicted molar refractivity (Wildman–Crippen MR) is 470 cm³/mol. The number of hydrogen-bond donors (Lipinski definition) is 4. The Kier molecular flexibility index (Phi) is 71.2. The molecule has 0 aromatic heterocycles. The lowest BCUT2D eigenvalue weighted by molar-refractivity contribution is -0.206. The van der Waals surface area contributed by atoms with E-state index in [4.69, 9.17) is 0 Å². The lowest BCUT2D eigenvalue weighted by Gasteiger charge is -2.69. The molecule has 0 fully saturated rings. The third-order valence-electron chi connectivity index (χ3n) is 29.8. The summed E-state index contributed by atoms with van der Waals surface area (Å²) in [6, 6.07) is 0. The van der Waals surface area contributed by atoms with E-state index in [2.05, 4.69) is 0 Å². The molecular formula is C95H174F18O8S2. The zero-order chi connectivity index (χ0) is 92.1. The molecule has 123 heavy (non-hydrogen) atoms. The summed E-state index contributed by atoms with van der Waals surface area (Å²) in [4.78, 5) is 0. The van der Waals surface area contributed by atoms with E-state index in [1.54, 1.807) is 0 Å². The average Bonchev–Trinajstić information content (AvgIpc) is 0.699. The van der Waals surface area contributed by atoms with Gasteiger partial charge in [0.15, 0.2) is 0 Å². The van der Waals surface area contributed by atoms with Crippen molar-refractivity contribution < 1.29 is 115 Å². The van der Waals surface area contributed by atoms with Crippen LogP contribution in [0.1, 0.15) is 411 Å². The van der Waals surface area contributed by atoms with Crippen molar-refractivity contribution in [3.8, 4) is 0 Å². The number of rotatable bonds is 96. The maximum Gasteiger partial charge on any atom is 0.270 e. The molecule has 0 aliphatic carbocycles. The van der Waals surface area contributed by atoms with Gasteiger partial charge in [0.05, 0.1) is 131 Å². The topological polar surface area (TPSA) is 149 Å². The minimum Gasteiger partial charge on any atom is -0.396 e. The normalized spacial score (nSPS) is 14.4. The molecule has 3 atom stereocenters. The largest absolute Gasteiger partial charge is 0.396 e. The third kappa shape index (κ3) is 40.4. The van der Waals surface area contributed by atoms with E-state index in [0.717, 1.165) is 0 Å². The van der Waals surface area contributed by atoms with Crippen LogP contribution in [-0.4, -0.2) is 180 Å². The molecule has 3 unspecified atom stereocenters. The summed E-state index contributed by atoms with van der Waals surface area (Å²) in [5.41, 5.74) is -11.7. The first kappa shape index (κ1) is 121. The van der Waals surface area contributed by atoms with Crippen molar-refractivity contribution in [1.82, 2.24) is 0 Å². The van der Waals surface area contributed by atoms with E-state index >= 15 is 35.1 Å². The van der Waals surface area contributed by atoms with Gasteiger partial charge in [-0.25, -0.2) is 0 Å². The average molecular weight is 1850 g/mol. The summed E-state index contributed by atoms with van der Waals surface area (Å²) >= 11 is 0. The van der Waals surface area contributed by atoms with Crippen LogP contribution < -0.4 is 0 Å². The smallest absolute Gasteiger partial charge is 0.270 e. The molecule has 0 aromatic rings. The number of halogens is 18. The van der Waals surface area contributed by atoms with Gasteiger partial charge in [-0.3, -0.25) is 88.1 Å². The Morgan fingerprint density at radius 2 is 0.358 bits per heavy atom. The van der Waals surface area contributed by atoms with Gasteiger partial charge in [-0.2, -0.15) is 16.8 Å². The molecule has 0 aliphatic rings. The van der Waals surface area contributed by atoms with Crippen molar-refractivity contribution in [3.05, 3.63) is 0 Å². The lowest BCUT2D eigenvalue weighted by atomic mass is 9.35. The Morgan fingerprint density at radius 1 is 0.203 bits per heavy atom. The van der Waals surface area contributed by atoms with Gasteiger partial charge in [-0.05, 0) is 300 Å². The highest BCUT2D eigenvalue weighted by molar-refractivity contribution is 7.86. The van der Waals surface area contributed by atoms with Gasteiger partial charge >= 0.3 is 0 Å². The van der Waals surface area contributed by atoms with Crippen LogP contribution in [0.4, 0.5) is 79.0 Å². The zero-order valence-electron chi connectivity index (χ0n) is 76.1.